The van der Waals surface area contributed by atoms with E-state index in [4.69, 9.17) is 4.42 Å². The third kappa shape index (κ3) is 2.69. The molecule has 0 N–H and O–H groups in total. The predicted molar refractivity (Wildman–Crippen MR) is 95.0 cm³/mol. The Hall–Kier alpha value is -3.06. The minimum Gasteiger partial charge on any atom is -0.464 e. The largest absolute Gasteiger partial charge is 0.464 e. The summed E-state index contributed by atoms with van der Waals surface area (Å²) in [4.78, 5) is 0. The van der Waals surface area contributed by atoms with Crippen molar-refractivity contribution in [2.24, 2.45) is 0 Å². The van der Waals surface area contributed by atoms with E-state index in [2.05, 4.69) is 60.7 Å². The van der Waals surface area contributed by atoms with E-state index in [9.17, 15) is 0 Å². The minimum absolute atomic E-state index is 0.913. The van der Waals surface area contributed by atoms with Crippen LogP contribution in [-0.2, 0) is 0 Å². The van der Waals surface area contributed by atoms with Crippen LogP contribution >= 0.6 is 0 Å². The van der Waals surface area contributed by atoms with Crippen LogP contribution in [0.1, 0.15) is 0 Å². The lowest BCUT2D eigenvalue weighted by Gasteiger charge is -2.06. The lowest BCUT2D eigenvalue weighted by Crippen LogP contribution is -1.82. The maximum absolute atomic E-state index is 5.75. The summed E-state index contributed by atoms with van der Waals surface area (Å²) in [6, 6.07) is 31.3. The molecule has 1 heterocycles. The Bertz CT molecular complexity index is 905. The van der Waals surface area contributed by atoms with Gasteiger partial charge in [0.1, 0.15) is 5.76 Å². The van der Waals surface area contributed by atoms with Crippen LogP contribution in [-0.4, -0.2) is 0 Å². The van der Waals surface area contributed by atoms with Crippen molar-refractivity contribution in [3.05, 3.63) is 97.3 Å². The van der Waals surface area contributed by atoms with Crippen molar-refractivity contribution in [1.29, 1.82) is 0 Å². The zero-order valence-electron chi connectivity index (χ0n) is 12.6. The fourth-order valence-electron chi connectivity index (χ4n) is 2.85. The van der Waals surface area contributed by atoms with E-state index in [0.29, 0.717) is 0 Å². The molecule has 1 nitrogen and oxygen atoms in total. The Morgan fingerprint density at radius 2 is 1.09 bits per heavy atom. The average molecular weight is 296 g/mol. The van der Waals surface area contributed by atoms with Crippen LogP contribution in [0.15, 0.2) is 102 Å². The van der Waals surface area contributed by atoms with Gasteiger partial charge in [0.05, 0.1) is 6.26 Å². The second kappa shape index (κ2) is 5.98. The minimum atomic E-state index is 0.913. The highest BCUT2D eigenvalue weighted by molar-refractivity contribution is 5.82. The molecule has 1 heteroatoms. The van der Waals surface area contributed by atoms with Gasteiger partial charge in [-0.15, -0.1) is 0 Å². The molecule has 0 spiro atoms. The molecule has 1 aromatic heterocycles. The number of furan rings is 1. The van der Waals surface area contributed by atoms with Gasteiger partial charge < -0.3 is 4.42 Å². The maximum atomic E-state index is 5.75. The monoisotopic (exact) mass is 296 g/mol. The first-order valence-electron chi connectivity index (χ1n) is 7.70. The van der Waals surface area contributed by atoms with Crippen molar-refractivity contribution in [2.75, 3.05) is 0 Å². The van der Waals surface area contributed by atoms with Crippen LogP contribution in [0.4, 0.5) is 0 Å². The molecule has 0 aliphatic heterocycles. The quantitative estimate of drug-likeness (QED) is 0.433. The zero-order valence-corrected chi connectivity index (χ0v) is 12.6. The highest BCUT2D eigenvalue weighted by Crippen LogP contribution is 2.34. The van der Waals surface area contributed by atoms with Crippen molar-refractivity contribution in [2.45, 2.75) is 0 Å². The molecule has 0 bridgehead atoms. The van der Waals surface area contributed by atoms with Crippen molar-refractivity contribution < 1.29 is 4.42 Å². The fourth-order valence-corrected chi connectivity index (χ4v) is 2.85. The molecule has 0 atom stereocenters. The lowest BCUT2D eigenvalue weighted by atomic mass is 9.98. The average Bonchev–Trinajstić information content (AvgIpc) is 3.13. The highest BCUT2D eigenvalue weighted by atomic mass is 16.3. The molecular weight excluding hydrogens is 280 g/mol. The third-order valence-electron chi connectivity index (χ3n) is 3.98. The fraction of sp³-hybridized carbons (Fsp3) is 0. The van der Waals surface area contributed by atoms with Crippen molar-refractivity contribution in [3.8, 4) is 33.6 Å². The van der Waals surface area contributed by atoms with E-state index >= 15 is 0 Å². The molecule has 3 aromatic carbocycles. The molecule has 0 saturated heterocycles. The first-order chi connectivity index (χ1) is 11.4. The van der Waals surface area contributed by atoms with Gasteiger partial charge in [0, 0.05) is 11.1 Å². The number of rotatable bonds is 3. The Morgan fingerprint density at radius 1 is 0.478 bits per heavy atom. The van der Waals surface area contributed by atoms with E-state index in [1.54, 1.807) is 6.26 Å². The predicted octanol–water partition coefficient (Wildman–Crippen LogP) is 6.28. The van der Waals surface area contributed by atoms with E-state index < -0.39 is 0 Å². The molecule has 0 aliphatic carbocycles. The van der Waals surface area contributed by atoms with Gasteiger partial charge in [0.2, 0.25) is 0 Å². The molecule has 0 amide bonds. The van der Waals surface area contributed by atoms with Gasteiger partial charge in [-0.1, -0.05) is 78.9 Å². The van der Waals surface area contributed by atoms with Crippen molar-refractivity contribution >= 4 is 0 Å². The van der Waals surface area contributed by atoms with Crippen LogP contribution in [0.3, 0.4) is 0 Å². The van der Waals surface area contributed by atoms with E-state index in [-0.39, 0.29) is 0 Å². The number of benzene rings is 3. The summed E-state index contributed by atoms with van der Waals surface area (Å²) in [5.41, 5.74) is 5.81. The van der Waals surface area contributed by atoms with Crippen LogP contribution in [0.5, 0.6) is 0 Å². The Labute approximate surface area is 135 Å². The second-order valence-electron chi connectivity index (χ2n) is 5.48. The first kappa shape index (κ1) is 13.6. The van der Waals surface area contributed by atoms with Gasteiger partial charge in [-0.2, -0.15) is 0 Å². The summed E-state index contributed by atoms with van der Waals surface area (Å²) in [6.07, 6.45) is 1.76. The molecule has 23 heavy (non-hydrogen) atoms. The second-order valence-corrected chi connectivity index (χ2v) is 5.48. The smallest absolute Gasteiger partial charge is 0.141 e. The third-order valence-corrected chi connectivity index (χ3v) is 3.98. The molecule has 110 valence electrons. The van der Waals surface area contributed by atoms with Crippen LogP contribution in [0.25, 0.3) is 33.6 Å². The van der Waals surface area contributed by atoms with Gasteiger partial charge in [0.15, 0.2) is 0 Å². The van der Waals surface area contributed by atoms with Gasteiger partial charge in [-0.25, -0.2) is 0 Å². The van der Waals surface area contributed by atoms with E-state index in [1.165, 1.54) is 16.7 Å². The topological polar surface area (TPSA) is 13.1 Å². The molecule has 0 saturated carbocycles. The van der Waals surface area contributed by atoms with Crippen molar-refractivity contribution in [3.63, 3.8) is 0 Å². The normalized spacial score (nSPS) is 10.6. The first-order valence-corrected chi connectivity index (χ1v) is 7.70. The Morgan fingerprint density at radius 3 is 1.83 bits per heavy atom. The van der Waals surface area contributed by atoms with Gasteiger partial charge >= 0.3 is 0 Å². The molecule has 0 radical (unpaired) electrons. The zero-order chi connectivity index (χ0) is 15.5. The molecule has 0 unspecified atom stereocenters. The van der Waals surface area contributed by atoms with Crippen molar-refractivity contribution in [1.82, 2.24) is 0 Å². The lowest BCUT2D eigenvalue weighted by molar-refractivity contribution is 0.583. The maximum Gasteiger partial charge on any atom is 0.141 e. The summed E-state index contributed by atoms with van der Waals surface area (Å²) < 4.78 is 5.75. The van der Waals surface area contributed by atoms with Crippen LogP contribution in [0, 0.1) is 0 Å². The van der Waals surface area contributed by atoms with Gasteiger partial charge in [-0.05, 0) is 28.8 Å². The summed E-state index contributed by atoms with van der Waals surface area (Å²) in [7, 11) is 0. The van der Waals surface area contributed by atoms with Gasteiger partial charge in [0.25, 0.3) is 0 Å². The Balaban J connectivity index is 1.80. The van der Waals surface area contributed by atoms with Crippen LogP contribution in [0.2, 0.25) is 0 Å². The SMILES string of the molecule is c1ccc(-c2cccc(-c3ccoc3-c3ccccc3)c2)cc1. The summed E-state index contributed by atoms with van der Waals surface area (Å²) in [5.74, 6) is 0.913. The molecular formula is C22H16O. The number of hydrogen-bond donors (Lipinski definition) is 0. The van der Waals surface area contributed by atoms with Crippen LogP contribution < -0.4 is 0 Å². The summed E-state index contributed by atoms with van der Waals surface area (Å²) in [5, 5.41) is 0. The molecule has 4 aromatic rings. The van der Waals surface area contributed by atoms with E-state index in [0.717, 1.165) is 16.9 Å². The molecule has 4 rings (SSSR count). The highest BCUT2D eigenvalue weighted by Gasteiger charge is 2.11. The molecule has 0 fully saturated rings. The van der Waals surface area contributed by atoms with Gasteiger partial charge in [-0.3, -0.25) is 0 Å². The summed E-state index contributed by atoms with van der Waals surface area (Å²) in [6.45, 7) is 0. The molecule has 0 aliphatic rings. The number of hydrogen-bond acceptors (Lipinski definition) is 1. The van der Waals surface area contributed by atoms with E-state index in [1.807, 2.05) is 30.3 Å². The Kier molecular flexibility index (Phi) is 3.53. The summed E-state index contributed by atoms with van der Waals surface area (Å²) >= 11 is 0. The standard InChI is InChI=1S/C22H16O/c1-3-8-17(9-4-1)19-12-7-13-20(16-19)21-14-15-23-22(21)18-10-5-2-6-11-18/h1-16H.